The molecule has 3 heteroatoms. The van der Waals surface area contributed by atoms with Crippen LogP contribution in [0.3, 0.4) is 0 Å². The molecule has 0 fully saturated rings. The average Bonchev–Trinajstić information content (AvgIpc) is 2.17. The van der Waals surface area contributed by atoms with E-state index in [0.717, 1.165) is 12.1 Å². The summed E-state index contributed by atoms with van der Waals surface area (Å²) in [6, 6.07) is 8.02. The van der Waals surface area contributed by atoms with E-state index in [4.69, 9.17) is 0 Å². The van der Waals surface area contributed by atoms with Crippen LogP contribution in [0.25, 0.3) is 0 Å². The van der Waals surface area contributed by atoms with E-state index in [2.05, 4.69) is 38.6 Å². The molecule has 0 N–H and O–H groups in total. The van der Waals surface area contributed by atoms with Crippen LogP contribution in [0, 0.1) is 5.92 Å². The van der Waals surface area contributed by atoms with Gasteiger partial charge in [0.15, 0.2) is 0 Å². The summed E-state index contributed by atoms with van der Waals surface area (Å²) < 4.78 is 0. The van der Waals surface area contributed by atoms with E-state index in [1.807, 2.05) is 12.1 Å². The Morgan fingerprint density at radius 1 is 1.33 bits per heavy atom. The molecule has 1 aromatic carbocycles. The first-order valence-electron chi connectivity index (χ1n) is 5.06. The van der Waals surface area contributed by atoms with Crippen LogP contribution in [0.1, 0.15) is 19.4 Å². The number of nitrogens with zero attached hydrogens (tertiary/aromatic N) is 1. The van der Waals surface area contributed by atoms with Gasteiger partial charge in [-0.25, -0.2) is 0 Å². The Balaban J connectivity index is 2.76. The van der Waals surface area contributed by atoms with E-state index >= 15 is 0 Å². The third-order valence-electron chi connectivity index (χ3n) is 2.25. The fraction of sp³-hybridized carbons (Fsp3) is 0.417. The van der Waals surface area contributed by atoms with E-state index in [1.54, 1.807) is 7.05 Å². The third kappa shape index (κ3) is 3.59. The summed E-state index contributed by atoms with van der Waals surface area (Å²) in [6.45, 7) is 4.38. The molecule has 0 aromatic heterocycles. The topological polar surface area (TPSA) is 20.3 Å². The Hall–Kier alpha value is -0.960. The maximum Gasteiger partial charge on any atom is 0.282 e. The summed E-state index contributed by atoms with van der Waals surface area (Å²) in [7, 11) is 1.72. The third-order valence-corrected chi connectivity index (χ3v) is 2.55. The molecule has 0 atom stereocenters. The lowest BCUT2D eigenvalue weighted by Crippen LogP contribution is -2.19. The molecule has 0 aliphatic heterocycles. The molecule has 1 rings (SSSR count). The Morgan fingerprint density at radius 3 is 2.27 bits per heavy atom. The predicted molar refractivity (Wildman–Crippen MR) is 67.8 cm³/mol. The van der Waals surface area contributed by atoms with Crippen molar-refractivity contribution < 1.29 is 4.79 Å². The van der Waals surface area contributed by atoms with Gasteiger partial charge in [-0.2, -0.15) is 0 Å². The first-order chi connectivity index (χ1) is 7.00. The number of rotatable bonds is 3. The van der Waals surface area contributed by atoms with Crippen LogP contribution >= 0.6 is 12.6 Å². The van der Waals surface area contributed by atoms with E-state index in [-0.39, 0.29) is 5.24 Å². The Kier molecular flexibility index (Phi) is 4.21. The maximum absolute atomic E-state index is 11.0. The van der Waals surface area contributed by atoms with E-state index in [9.17, 15) is 4.79 Å². The van der Waals surface area contributed by atoms with E-state index < -0.39 is 0 Å². The van der Waals surface area contributed by atoms with Gasteiger partial charge in [-0.1, -0.05) is 38.6 Å². The van der Waals surface area contributed by atoms with Crippen LogP contribution in [-0.4, -0.2) is 12.3 Å². The zero-order valence-corrected chi connectivity index (χ0v) is 10.3. The molecule has 0 radical (unpaired) electrons. The lowest BCUT2D eigenvalue weighted by molar-refractivity contribution is 0.266. The van der Waals surface area contributed by atoms with Crippen molar-refractivity contribution in [2.24, 2.45) is 5.92 Å². The second-order valence-electron chi connectivity index (χ2n) is 4.11. The predicted octanol–water partition coefficient (Wildman–Crippen LogP) is 3.37. The molecule has 2 nitrogen and oxygen atoms in total. The number of hydrogen-bond donors (Lipinski definition) is 1. The number of carbonyl (C=O) groups is 1. The summed E-state index contributed by atoms with van der Waals surface area (Å²) >= 11 is 3.77. The van der Waals surface area contributed by atoms with Crippen LogP contribution in [0.5, 0.6) is 0 Å². The van der Waals surface area contributed by atoms with Crippen molar-refractivity contribution >= 4 is 23.6 Å². The summed E-state index contributed by atoms with van der Waals surface area (Å²) in [5, 5.41) is -0.244. The van der Waals surface area contributed by atoms with Crippen molar-refractivity contribution in [2.45, 2.75) is 20.3 Å². The van der Waals surface area contributed by atoms with Gasteiger partial charge in [-0.3, -0.25) is 4.79 Å². The molecule has 0 saturated heterocycles. The van der Waals surface area contributed by atoms with Gasteiger partial charge in [0, 0.05) is 12.7 Å². The zero-order chi connectivity index (χ0) is 11.4. The number of benzene rings is 1. The quantitative estimate of drug-likeness (QED) is 0.779. The molecule has 82 valence electrons. The minimum atomic E-state index is -0.244. The molecule has 0 spiro atoms. The molecule has 0 bridgehead atoms. The Labute approximate surface area is 96.7 Å². The van der Waals surface area contributed by atoms with Gasteiger partial charge in [-0.15, -0.1) is 0 Å². The zero-order valence-electron chi connectivity index (χ0n) is 9.40. The summed E-state index contributed by atoms with van der Waals surface area (Å²) in [4.78, 5) is 12.5. The normalized spacial score (nSPS) is 10.5. The van der Waals surface area contributed by atoms with Crippen molar-refractivity contribution in [1.29, 1.82) is 0 Å². The van der Waals surface area contributed by atoms with Crippen molar-refractivity contribution in [3.8, 4) is 0 Å². The smallest absolute Gasteiger partial charge is 0.282 e. The number of amides is 1. The SMILES string of the molecule is CC(C)Cc1ccc(N(C)C(=O)S)cc1. The molecular formula is C12H17NOS. The molecule has 15 heavy (non-hydrogen) atoms. The fourth-order valence-corrected chi connectivity index (χ4v) is 1.55. The number of carbonyl (C=O) groups excluding carboxylic acids is 1. The molecule has 0 unspecified atom stereocenters. The number of hydrogen-bond acceptors (Lipinski definition) is 1. The van der Waals surface area contributed by atoms with Gasteiger partial charge >= 0.3 is 0 Å². The minimum Gasteiger partial charge on any atom is -0.307 e. The van der Waals surface area contributed by atoms with Gasteiger partial charge in [0.05, 0.1) is 0 Å². The highest BCUT2D eigenvalue weighted by molar-refractivity contribution is 7.96. The summed E-state index contributed by atoms with van der Waals surface area (Å²) in [5.41, 5.74) is 2.18. The summed E-state index contributed by atoms with van der Waals surface area (Å²) in [6.07, 6.45) is 1.07. The highest BCUT2D eigenvalue weighted by atomic mass is 32.1. The largest absolute Gasteiger partial charge is 0.307 e. The number of anilines is 1. The molecule has 1 amide bonds. The maximum atomic E-state index is 11.0. The van der Waals surface area contributed by atoms with Gasteiger partial charge in [0.25, 0.3) is 5.24 Å². The van der Waals surface area contributed by atoms with Crippen molar-refractivity contribution in [3.05, 3.63) is 29.8 Å². The summed E-state index contributed by atoms with van der Waals surface area (Å²) in [5.74, 6) is 0.653. The second-order valence-corrected chi connectivity index (χ2v) is 4.49. The fourth-order valence-electron chi connectivity index (χ4n) is 1.44. The van der Waals surface area contributed by atoms with Crippen LogP contribution < -0.4 is 4.90 Å². The number of thiol groups is 1. The molecule has 0 aliphatic carbocycles. The minimum absolute atomic E-state index is 0.244. The first kappa shape index (κ1) is 12.1. The van der Waals surface area contributed by atoms with Crippen LogP contribution in [0.2, 0.25) is 0 Å². The van der Waals surface area contributed by atoms with Crippen LogP contribution in [-0.2, 0) is 6.42 Å². The van der Waals surface area contributed by atoms with Gasteiger partial charge in [-0.05, 0) is 30.0 Å². The van der Waals surface area contributed by atoms with Gasteiger partial charge < -0.3 is 4.90 Å². The monoisotopic (exact) mass is 223 g/mol. The standard InChI is InChI=1S/C12H17NOS/c1-9(2)8-10-4-6-11(7-5-10)13(3)12(14)15/h4-7,9H,8H2,1-3H3,(H,14,15). The first-order valence-corrected chi connectivity index (χ1v) is 5.51. The molecule has 0 aliphatic rings. The van der Waals surface area contributed by atoms with Crippen molar-refractivity contribution in [1.82, 2.24) is 0 Å². The molecular weight excluding hydrogens is 206 g/mol. The van der Waals surface area contributed by atoms with Gasteiger partial charge in [0.2, 0.25) is 0 Å². The second kappa shape index (κ2) is 5.21. The Bertz CT molecular complexity index is 332. The highest BCUT2D eigenvalue weighted by Gasteiger charge is 2.05. The van der Waals surface area contributed by atoms with Gasteiger partial charge in [0.1, 0.15) is 0 Å². The van der Waals surface area contributed by atoms with E-state index in [0.29, 0.717) is 5.92 Å². The molecule has 1 aromatic rings. The Morgan fingerprint density at radius 2 is 1.87 bits per heavy atom. The molecule has 0 saturated carbocycles. The highest BCUT2D eigenvalue weighted by Crippen LogP contribution is 2.17. The van der Waals surface area contributed by atoms with Crippen LogP contribution in [0.4, 0.5) is 10.5 Å². The van der Waals surface area contributed by atoms with Crippen LogP contribution in [0.15, 0.2) is 24.3 Å². The van der Waals surface area contributed by atoms with E-state index in [1.165, 1.54) is 10.5 Å². The molecule has 0 heterocycles. The lowest BCUT2D eigenvalue weighted by atomic mass is 10.0. The lowest BCUT2D eigenvalue weighted by Gasteiger charge is -2.14. The van der Waals surface area contributed by atoms with Crippen molar-refractivity contribution in [2.75, 3.05) is 11.9 Å². The van der Waals surface area contributed by atoms with Crippen molar-refractivity contribution in [3.63, 3.8) is 0 Å². The average molecular weight is 223 g/mol.